The molecule has 3 nitrogen and oxygen atoms in total. The third-order valence-corrected chi connectivity index (χ3v) is 2.02. The average Bonchev–Trinajstić information content (AvgIpc) is 2.25. The van der Waals surface area contributed by atoms with E-state index in [1.165, 1.54) is 18.2 Å². The number of hydrogen-bond acceptors (Lipinski definition) is 3. The molecule has 0 saturated carbocycles. The van der Waals surface area contributed by atoms with Gasteiger partial charge in [0.2, 0.25) is 6.08 Å². The molecule has 0 radical (unpaired) electrons. The molecule has 4 heteroatoms. The van der Waals surface area contributed by atoms with Gasteiger partial charge in [0.25, 0.3) is 0 Å². The summed E-state index contributed by atoms with van der Waals surface area (Å²) in [5.41, 5.74) is 0.790. The molecule has 80 valence electrons. The first kappa shape index (κ1) is 11.4. The summed E-state index contributed by atoms with van der Waals surface area (Å²) in [6, 6.07) is 4.38. The summed E-state index contributed by atoms with van der Waals surface area (Å²) in [5.74, 6) is 0.371. The van der Waals surface area contributed by atoms with Crippen LogP contribution in [0.2, 0.25) is 0 Å². The molecule has 1 rings (SSSR count). The van der Waals surface area contributed by atoms with Crippen LogP contribution in [0, 0.1) is 5.82 Å². The Morgan fingerprint density at radius 1 is 1.53 bits per heavy atom. The molecule has 0 amide bonds. The Labute approximate surface area is 87.6 Å². The second kappa shape index (κ2) is 5.94. The maximum Gasteiger partial charge on any atom is 0.234 e. The lowest BCUT2D eigenvalue weighted by molar-refractivity contribution is 0.408. The first-order chi connectivity index (χ1) is 7.27. The Morgan fingerprint density at radius 2 is 2.33 bits per heavy atom. The van der Waals surface area contributed by atoms with Gasteiger partial charge in [-0.2, -0.15) is 0 Å². The van der Waals surface area contributed by atoms with Crippen molar-refractivity contribution in [3.05, 3.63) is 29.6 Å². The fourth-order valence-electron chi connectivity index (χ4n) is 1.34. The van der Waals surface area contributed by atoms with E-state index in [0.29, 0.717) is 25.1 Å². The summed E-state index contributed by atoms with van der Waals surface area (Å²) in [7, 11) is 1.54. The summed E-state index contributed by atoms with van der Waals surface area (Å²) in [6.07, 6.45) is 2.77. The summed E-state index contributed by atoms with van der Waals surface area (Å²) >= 11 is 0. The van der Waals surface area contributed by atoms with Crippen LogP contribution in [0.25, 0.3) is 0 Å². The molecule has 0 unspecified atom stereocenters. The lowest BCUT2D eigenvalue weighted by Gasteiger charge is -2.07. The van der Waals surface area contributed by atoms with Crippen molar-refractivity contribution < 1.29 is 13.9 Å². The van der Waals surface area contributed by atoms with Crippen molar-refractivity contribution >= 4 is 6.08 Å². The summed E-state index contributed by atoms with van der Waals surface area (Å²) in [5, 5.41) is 0. The number of halogens is 1. The fourth-order valence-corrected chi connectivity index (χ4v) is 1.34. The topological polar surface area (TPSA) is 38.7 Å². The van der Waals surface area contributed by atoms with Crippen molar-refractivity contribution in [3.63, 3.8) is 0 Å². The van der Waals surface area contributed by atoms with Gasteiger partial charge in [0, 0.05) is 0 Å². The fraction of sp³-hybridized carbons (Fsp3) is 0.364. The van der Waals surface area contributed by atoms with E-state index in [-0.39, 0.29) is 5.82 Å². The highest BCUT2D eigenvalue weighted by Gasteiger charge is 2.03. The average molecular weight is 209 g/mol. The van der Waals surface area contributed by atoms with E-state index in [1.54, 1.807) is 13.2 Å². The van der Waals surface area contributed by atoms with Crippen molar-refractivity contribution in [2.75, 3.05) is 13.7 Å². The maximum absolute atomic E-state index is 12.9. The van der Waals surface area contributed by atoms with Gasteiger partial charge in [-0.15, -0.1) is 0 Å². The molecule has 0 aliphatic heterocycles. The van der Waals surface area contributed by atoms with Crippen molar-refractivity contribution in [3.8, 4) is 5.75 Å². The number of ether oxygens (including phenoxy) is 1. The van der Waals surface area contributed by atoms with Gasteiger partial charge in [-0.05, 0) is 36.6 Å². The number of hydrogen-bond donors (Lipinski definition) is 0. The minimum Gasteiger partial charge on any atom is -0.496 e. The Morgan fingerprint density at radius 3 is 3.00 bits per heavy atom. The first-order valence-corrected chi connectivity index (χ1v) is 4.64. The number of benzene rings is 1. The lowest BCUT2D eigenvalue weighted by atomic mass is 10.1. The molecule has 0 bridgehead atoms. The van der Waals surface area contributed by atoms with Gasteiger partial charge in [0.05, 0.1) is 13.7 Å². The number of carbonyl (C=O) groups excluding carboxylic acids is 1. The monoisotopic (exact) mass is 209 g/mol. The van der Waals surface area contributed by atoms with Crippen LogP contribution in [0.15, 0.2) is 23.2 Å². The predicted molar refractivity (Wildman–Crippen MR) is 54.3 cm³/mol. The van der Waals surface area contributed by atoms with Gasteiger partial charge in [-0.1, -0.05) is 0 Å². The Bertz CT molecular complexity index is 373. The minimum atomic E-state index is -0.287. The predicted octanol–water partition coefficient (Wildman–Crippen LogP) is 2.10. The molecule has 0 saturated heterocycles. The third-order valence-electron chi connectivity index (χ3n) is 2.02. The van der Waals surface area contributed by atoms with Gasteiger partial charge in [0.1, 0.15) is 11.6 Å². The molecule has 0 N–H and O–H groups in total. The van der Waals surface area contributed by atoms with E-state index in [0.717, 1.165) is 5.56 Å². The van der Waals surface area contributed by atoms with Crippen LogP contribution in [0.4, 0.5) is 4.39 Å². The van der Waals surface area contributed by atoms with Crippen molar-refractivity contribution in [1.82, 2.24) is 0 Å². The molecule has 15 heavy (non-hydrogen) atoms. The van der Waals surface area contributed by atoms with E-state index in [9.17, 15) is 9.18 Å². The standard InChI is InChI=1S/C11H12FNO2/c1-15-11-5-4-10(12)7-9(11)3-2-6-13-8-14/h4-5,7H,2-3,6H2,1H3. The minimum absolute atomic E-state index is 0.287. The first-order valence-electron chi connectivity index (χ1n) is 4.64. The number of nitrogens with zero attached hydrogens (tertiary/aromatic N) is 1. The van der Waals surface area contributed by atoms with Crippen LogP contribution in [0.3, 0.4) is 0 Å². The van der Waals surface area contributed by atoms with E-state index in [2.05, 4.69) is 4.99 Å². The molecule has 0 fully saturated rings. The summed E-state index contributed by atoms with van der Waals surface area (Å²) in [4.78, 5) is 13.2. The highest BCUT2D eigenvalue weighted by molar-refractivity contribution is 5.34. The summed E-state index contributed by atoms with van der Waals surface area (Å²) < 4.78 is 18.0. The zero-order valence-electron chi connectivity index (χ0n) is 8.50. The van der Waals surface area contributed by atoms with Crippen LogP contribution < -0.4 is 4.74 Å². The zero-order chi connectivity index (χ0) is 11.1. The van der Waals surface area contributed by atoms with Gasteiger partial charge in [-0.25, -0.2) is 14.2 Å². The highest BCUT2D eigenvalue weighted by Crippen LogP contribution is 2.20. The van der Waals surface area contributed by atoms with E-state index in [4.69, 9.17) is 4.74 Å². The lowest BCUT2D eigenvalue weighted by Crippen LogP contribution is -1.95. The molecule has 0 aliphatic carbocycles. The molecule has 1 aromatic rings. The molecule has 0 spiro atoms. The number of rotatable bonds is 5. The van der Waals surface area contributed by atoms with Crippen molar-refractivity contribution in [2.24, 2.45) is 4.99 Å². The van der Waals surface area contributed by atoms with Crippen molar-refractivity contribution in [2.45, 2.75) is 12.8 Å². The van der Waals surface area contributed by atoms with Gasteiger partial charge in [0.15, 0.2) is 0 Å². The Hall–Kier alpha value is -1.67. The number of isocyanates is 1. The molecule has 0 aliphatic rings. The van der Waals surface area contributed by atoms with Crippen LogP contribution in [0.1, 0.15) is 12.0 Å². The normalized spacial score (nSPS) is 9.47. The SMILES string of the molecule is COc1ccc(F)cc1CCCN=C=O. The number of aliphatic imine (C=N–C) groups is 1. The largest absolute Gasteiger partial charge is 0.496 e. The maximum atomic E-state index is 12.9. The van der Waals surface area contributed by atoms with Crippen LogP contribution in [0.5, 0.6) is 5.75 Å². The number of aryl methyl sites for hydroxylation is 1. The van der Waals surface area contributed by atoms with Crippen molar-refractivity contribution in [1.29, 1.82) is 0 Å². The van der Waals surface area contributed by atoms with Crippen LogP contribution in [-0.2, 0) is 11.2 Å². The van der Waals surface area contributed by atoms with E-state index in [1.807, 2.05) is 0 Å². The molecular weight excluding hydrogens is 197 g/mol. The Kier molecular flexibility index (Phi) is 4.51. The Balaban J connectivity index is 2.65. The highest BCUT2D eigenvalue weighted by atomic mass is 19.1. The zero-order valence-corrected chi connectivity index (χ0v) is 8.50. The molecular formula is C11H12FNO2. The molecule has 1 aromatic carbocycles. The third kappa shape index (κ3) is 3.52. The molecule has 0 aromatic heterocycles. The van der Waals surface area contributed by atoms with Crippen LogP contribution >= 0.6 is 0 Å². The molecule has 0 atom stereocenters. The van der Waals surface area contributed by atoms with Gasteiger partial charge < -0.3 is 4.74 Å². The number of methoxy groups -OCH3 is 1. The quantitative estimate of drug-likeness (QED) is 0.423. The second-order valence-corrected chi connectivity index (χ2v) is 3.03. The van der Waals surface area contributed by atoms with E-state index >= 15 is 0 Å². The van der Waals surface area contributed by atoms with Gasteiger partial charge in [-0.3, -0.25) is 0 Å². The smallest absolute Gasteiger partial charge is 0.234 e. The van der Waals surface area contributed by atoms with E-state index < -0.39 is 0 Å². The van der Waals surface area contributed by atoms with Crippen LogP contribution in [-0.4, -0.2) is 19.7 Å². The molecule has 0 heterocycles. The summed E-state index contributed by atoms with van der Waals surface area (Å²) in [6.45, 7) is 0.406. The second-order valence-electron chi connectivity index (χ2n) is 3.03. The van der Waals surface area contributed by atoms with Gasteiger partial charge >= 0.3 is 0 Å².